The second kappa shape index (κ2) is 4.68. The molecule has 0 atom stereocenters. The van der Waals surface area contributed by atoms with Gasteiger partial charge in [0.15, 0.2) is 0 Å². The molecule has 0 aliphatic carbocycles. The Morgan fingerprint density at radius 1 is 1.28 bits per heavy atom. The van der Waals surface area contributed by atoms with E-state index in [4.69, 9.17) is 4.74 Å². The first-order valence-electron chi connectivity index (χ1n) is 5.74. The van der Waals surface area contributed by atoms with E-state index in [0.717, 1.165) is 11.1 Å². The highest BCUT2D eigenvalue weighted by Crippen LogP contribution is 2.31. The maximum Gasteiger partial charge on any atom is 0.414 e. The van der Waals surface area contributed by atoms with Gasteiger partial charge in [-0.15, -0.1) is 0 Å². The van der Waals surface area contributed by atoms with Crippen LogP contribution in [0.25, 0.3) is 0 Å². The quantitative estimate of drug-likeness (QED) is 0.758. The van der Waals surface area contributed by atoms with Crippen LogP contribution in [0.3, 0.4) is 0 Å². The molecule has 0 radical (unpaired) electrons. The zero-order valence-corrected chi connectivity index (χ0v) is 10.8. The molecule has 1 heterocycles. The van der Waals surface area contributed by atoms with Crippen molar-refractivity contribution in [3.05, 3.63) is 29.3 Å². The summed E-state index contributed by atoms with van der Waals surface area (Å²) in [6.07, 6.45) is -0.412. The summed E-state index contributed by atoms with van der Waals surface area (Å²) in [5, 5.41) is 0. The lowest BCUT2D eigenvalue weighted by Gasteiger charge is -2.14. The second-order valence-corrected chi connectivity index (χ2v) is 4.53. The van der Waals surface area contributed by atoms with E-state index in [1.165, 1.54) is 11.8 Å². The first-order valence-corrected chi connectivity index (χ1v) is 5.74. The van der Waals surface area contributed by atoms with Crippen molar-refractivity contribution in [1.82, 2.24) is 9.80 Å². The number of nitrogens with zero attached hydrogens (tertiary/aromatic N) is 2. The highest BCUT2D eigenvalue weighted by atomic mass is 16.6. The summed E-state index contributed by atoms with van der Waals surface area (Å²) in [5.74, 6) is 0.561. The van der Waals surface area contributed by atoms with Crippen LogP contribution in [0.15, 0.2) is 18.2 Å². The molecule has 0 fully saturated rings. The summed E-state index contributed by atoms with van der Waals surface area (Å²) in [5.41, 5.74) is 1.96. The minimum atomic E-state index is -0.412. The summed E-state index contributed by atoms with van der Waals surface area (Å²) >= 11 is 0. The second-order valence-electron chi connectivity index (χ2n) is 4.53. The van der Waals surface area contributed by atoms with Crippen molar-refractivity contribution in [2.45, 2.75) is 20.0 Å². The van der Waals surface area contributed by atoms with E-state index in [2.05, 4.69) is 0 Å². The standard InChI is InChI=1S/C13H16N2O3/c1-9(16)15-7-10-5-4-6-12(11(10)8-15)18-13(17)14(2)3/h4-6H,7-8H2,1-3H3. The Hall–Kier alpha value is -2.04. The fraction of sp³-hybridized carbons (Fsp3) is 0.385. The third kappa shape index (κ3) is 2.30. The largest absolute Gasteiger partial charge is 0.414 e. The van der Waals surface area contributed by atoms with Gasteiger partial charge in [0.25, 0.3) is 0 Å². The summed E-state index contributed by atoms with van der Waals surface area (Å²) in [6.45, 7) is 2.62. The molecule has 0 aromatic heterocycles. The van der Waals surface area contributed by atoms with Gasteiger partial charge in [0.2, 0.25) is 5.91 Å². The predicted molar refractivity (Wildman–Crippen MR) is 66.1 cm³/mol. The number of rotatable bonds is 1. The van der Waals surface area contributed by atoms with E-state index >= 15 is 0 Å². The first kappa shape index (κ1) is 12.4. The van der Waals surface area contributed by atoms with Crippen molar-refractivity contribution in [1.29, 1.82) is 0 Å². The molecule has 96 valence electrons. The third-order valence-corrected chi connectivity index (χ3v) is 2.95. The predicted octanol–water partition coefficient (Wildman–Crippen LogP) is 1.61. The molecule has 5 nitrogen and oxygen atoms in total. The Morgan fingerprint density at radius 3 is 2.61 bits per heavy atom. The van der Waals surface area contributed by atoms with Crippen molar-refractivity contribution < 1.29 is 14.3 Å². The number of fused-ring (bicyclic) bond motifs is 1. The molecule has 1 aromatic carbocycles. The summed E-state index contributed by atoms with van der Waals surface area (Å²) < 4.78 is 5.30. The molecule has 1 aliphatic rings. The Bertz CT molecular complexity index is 497. The summed E-state index contributed by atoms with van der Waals surface area (Å²) in [4.78, 5) is 26.0. The van der Waals surface area contributed by atoms with Crippen LogP contribution in [0.5, 0.6) is 5.75 Å². The lowest BCUT2D eigenvalue weighted by molar-refractivity contribution is -0.129. The zero-order valence-electron chi connectivity index (χ0n) is 10.8. The van der Waals surface area contributed by atoms with E-state index < -0.39 is 6.09 Å². The maximum absolute atomic E-state index is 11.6. The molecule has 0 N–H and O–H groups in total. The highest BCUT2D eigenvalue weighted by Gasteiger charge is 2.24. The maximum atomic E-state index is 11.6. The number of hydrogen-bond donors (Lipinski definition) is 0. The molecular weight excluding hydrogens is 232 g/mol. The van der Waals surface area contributed by atoms with Crippen LogP contribution in [0, 0.1) is 0 Å². The van der Waals surface area contributed by atoms with Crippen molar-refractivity contribution in [2.75, 3.05) is 14.1 Å². The molecule has 0 bridgehead atoms. The highest BCUT2D eigenvalue weighted by molar-refractivity contribution is 5.75. The Labute approximate surface area is 106 Å². The van der Waals surface area contributed by atoms with Gasteiger partial charge in [-0.25, -0.2) is 4.79 Å². The minimum absolute atomic E-state index is 0.0242. The minimum Gasteiger partial charge on any atom is -0.410 e. The lowest BCUT2D eigenvalue weighted by atomic mass is 10.1. The average Bonchev–Trinajstić information content (AvgIpc) is 2.73. The summed E-state index contributed by atoms with van der Waals surface area (Å²) in [6, 6.07) is 5.54. The van der Waals surface area contributed by atoms with Gasteiger partial charge >= 0.3 is 6.09 Å². The van der Waals surface area contributed by atoms with E-state index in [-0.39, 0.29) is 5.91 Å². The molecule has 1 aliphatic heterocycles. The van der Waals surface area contributed by atoms with Crippen LogP contribution in [0.2, 0.25) is 0 Å². The third-order valence-electron chi connectivity index (χ3n) is 2.95. The van der Waals surface area contributed by atoms with Gasteiger partial charge in [-0.2, -0.15) is 0 Å². The molecule has 5 heteroatoms. The molecule has 2 amide bonds. The zero-order chi connectivity index (χ0) is 13.3. The summed E-state index contributed by atoms with van der Waals surface area (Å²) in [7, 11) is 3.26. The molecule has 1 aromatic rings. The van der Waals surface area contributed by atoms with E-state index in [9.17, 15) is 9.59 Å². The number of carbonyl (C=O) groups is 2. The van der Waals surface area contributed by atoms with Crippen LogP contribution >= 0.6 is 0 Å². The molecule has 2 rings (SSSR count). The number of carbonyl (C=O) groups excluding carboxylic acids is 2. The number of amides is 2. The molecular formula is C13H16N2O3. The lowest BCUT2D eigenvalue weighted by Crippen LogP contribution is -2.26. The van der Waals surface area contributed by atoms with Crippen molar-refractivity contribution in [2.24, 2.45) is 0 Å². The van der Waals surface area contributed by atoms with Gasteiger partial charge in [0.05, 0.1) is 0 Å². The Balaban J connectivity index is 2.23. The van der Waals surface area contributed by atoms with Gasteiger partial charge in [-0.3, -0.25) is 4.79 Å². The first-order chi connectivity index (χ1) is 8.49. The average molecular weight is 248 g/mol. The van der Waals surface area contributed by atoms with Gasteiger partial charge < -0.3 is 14.5 Å². The van der Waals surface area contributed by atoms with Crippen LogP contribution in [0.1, 0.15) is 18.1 Å². The van der Waals surface area contributed by atoms with Gasteiger partial charge in [-0.1, -0.05) is 12.1 Å². The Morgan fingerprint density at radius 2 is 2.00 bits per heavy atom. The monoisotopic (exact) mass is 248 g/mol. The van der Waals surface area contributed by atoms with E-state index in [1.54, 1.807) is 25.1 Å². The van der Waals surface area contributed by atoms with Crippen molar-refractivity contribution in [3.63, 3.8) is 0 Å². The van der Waals surface area contributed by atoms with Crippen molar-refractivity contribution >= 4 is 12.0 Å². The molecule has 0 saturated heterocycles. The van der Waals surface area contributed by atoms with E-state index in [0.29, 0.717) is 18.8 Å². The molecule has 0 spiro atoms. The van der Waals surface area contributed by atoms with E-state index in [1.807, 2.05) is 12.1 Å². The fourth-order valence-corrected chi connectivity index (χ4v) is 1.89. The Kier molecular flexibility index (Phi) is 3.23. The topological polar surface area (TPSA) is 49.9 Å². The molecule has 18 heavy (non-hydrogen) atoms. The number of benzene rings is 1. The molecule has 0 unspecified atom stereocenters. The van der Waals surface area contributed by atoms with Gasteiger partial charge in [0, 0.05) is 39.7 Å². The van der Waals surface area contributed by atoms with Crippen LogP contribution < -0.4 is 4.74 Å². The smallest absolute Gasteiger partial charge is 0.410 e. The SMILES string of the molecule is CC(=O)N1Cc2cccc(OC(=O)N(C)C)c2C1. The fourth-order valence-electron chi connectivity index (χ4n) is 1.89. The molecule has 0 saturated carbocycles. The van der Waals surface area contributed by atoms with Crippen LogP contribution in [-0.2, 0) is 17.9 Å². The van der Waals surface area contributed by atoms with Crippen LogP contribution in [-0.4, -0.2) is 35.9 Å². The van der Waals surface area contributed by atoms with Crippen LogP contribution in [0.4, 0.5) is 4.79 Å². The number of ether oxygens (including phenoxy) is 1. The normalized spacial score (nSPS) is 13.2. The van der Waals surface area contributed by atoms with Crippen molar-refractivity contribution in [3.8, 4) is 5.75 Å². The van der Waals surface area contributed by atoms with Gasteiger partial charge in [-0.05, 0) is 11.6 Å². The van der Waals surface area contributed by atoms with Gasteiger partial charge in [0.1, 0.15) is 5.75 Å². The number of hydrogen-bond acceptors (Lipinski definition) is 3.